The number of carbonyl (C=O) groups is 3. The molecule has 0 aliphatic carbocycles. The molecule has 0 spiro atoms. The van der Waals surface area contributed by atoms with Crippen LogP contribution < -0.4 is 25.0 Å². The monoisotopic (exact) mass is 512 g/mol. The summed E-state index contributed by atoms with van der Waals surface area (Å²) in [6, 6.07) is 10.8. The van der Waals surface area contributed by atoms with E-state index in [1.165, 1.54) is 0 Å². The topological polar surface area (TPSA) is 120 Å². The Labute approximate surface area is 217 Å². The van der Waals surface area contributed by atoms with Crippen molar-refractivity contribution in [2.24, 2.45) is 0 Å². The van der Waals surface area contributed by atoms with Crippen LogP contribution in [0.15, 0.2) is 42.5 Å². The van der Waals surface area contributed by atoms with Crippen LogP contribution in [0.3, 0.4) is 0 Å². The van der Waals surface area contributed by atoms with Gasteiger partial charge in [-0.15, -0.1) is 0 Å². The summed E-state index contributed by atoms with van der Waals surface area (Å²) in [5.41, 5.74) is 2.61. The second kappa shape index (κ2) is 12.8. The van der Waals surface area contributed by atoms with Gasteiger partial charge in [-0.1, -0.05) is 38.0 Å². The van der Waals surface area contributed by atoms with Crippen molar-refractivity contribution in [1.82, 2.24) is 15.5 Å². The molecule has 1 heterocycles. The molecular formula is C27H36N4O6. The standard InChI is InChI=1S/C27H36N4O6/c1-5-6-7-21(26(34)31(4)16-18-8-11-20(12-9-18)30(2)3)28-27(35)29-22(15-25(32)33)19-10-13-23-24(14-19)37-17-36-23/h8-14,21-22H,5-7,15-17H2,1-4H3,(H,32,33)(H2,28,29,35)/t21-,22-/m0/s1. The molecule has 200 valence electrons. The van der Waals surface area contributed by atoms with Gasteiger partial charge < -0.3 is 35.0 Å². The molecule has 0 fully saturated rings. The summed E-state index contributed by atoms with van der Waals surface area (Å²) in [5, 5.41) is 14.9. The van der Waals surface area contributed by atoms with Crippen LogP contribution in [0, 0.1) is 0 Å². The molecule has 0 bridgehead atoms. The lowest BCUT2D eigenvalue weighted by Gasteiger charge is -2.26. The zero-order valence-corrected chi connectivity index (χ0v) is 21.8. The van der Waals surface area contributed by atoms with Gasteiger partial charge in [0.25, 0.3) is 0 Å². The number of ether oxygens (including phenoxy) is 2. The van der Waals surface area contributed by atoms with E-state index in [1.54, 1.807) is 30.1 Å². The summed E-state index contributed by atoms with van der Waals surface area (Å²) < 4.78 is 10.7. The van der Waals surface area contributed by atoms with Crippen LogP contribution in [0.1, 0.15) is 49.8 Å². The Bertz CT molecular complexity index is 1090. The molecular weight excluding hydrogens is 476 g/mol. The van der Waals surface area contributed by atoms with E-state index in [1.807, 2.05) is 50.2 Å². The summed E-state index contributed by atoms with van der Waals surface area (Å²) in [6.07, 6.45) is 1.76. The van der Waals surface area contributed by atoms with Crippen molar-refractivity contribution in [3.63, 3.8) is 0 Å². The van der Waals surface area contributed by atoms with Crippen LogP contribution >= 0.6 is 0 Å². The minimum absolute atomic E-state index is 0.0881. The Morgan fingerprint density at radius 3 is 2.35 bits per heavy atom. The van der Waals surface area contributed by atoms with Crippen LogP contribution in [0.4, 0.5) is 10.5 Å². The Hall–Kier alpha value is -3.95. The highest BCUT2D eigenvalue weighted by Gasteiger charge is 2.26. The first-order chi connectivity index (χ1) is 17.7. The van der Waals surface area contributed by atoms with Crippen LogP contribution in [-0.2, 0) is 16.1 Å². The number of benzene rings is 2. The van der Waals surface area contributed by atoms with Crippen LogP contribution in [0.2, 0.25) is 0 Å². The zero-order valence-electron chi connectivity index (χ0n) is 21.8. The number of hydrogen-bond donors (Lipinski definition) is 3. The molecule has 2 atom stereocenters. The van der Waals surface area contributed by atoms with E-state index in [0.29, 0.717) is 30.0 Å². The molecule has 0 saturated heterocycles. The molecule has 37 heavy (non-hydrogen) atoms. The first kappa shape index (κ1) is 27.6. The number of nitrogens with zero attached hydrogens (tertiary/aromatic N) is 2. The third-order valence-corrected chi connectivity index (χ3v) is 6.18. The SMILES string of the molecule is CCCC[C@H](NC(=O)N[C@@H](CC(=O)O)c1ccc2c(c1)OCO2)C(=O)N(C)Cc1ccc(N(C)C)cc1. The van der Waals surface area contributed by atoms with Gasteiger partial charge in [-0.3, -0.25) is 9.59 Å². The van der Waals surface area contributed by atoms with Gasteiger partial charge in [-0.2, -0.15) is 0 Å². The minimum Gasteiger partial charge on any atom is -0.481 e. The number of nitrogens with one attached hydrogen (secondary N) is 2. The van der Waals surface area contributed by atoms with Crippen molar-refractivity contribution in [2.75, 3.05) is 32.8 Å². The van der Waals surface area contributed by atoms with Crippen LogP contribution in [0.5, 0.6) is 11.5 Å². The quantitative estimate of drug-likeness (QED) is 0.398. The maximum absolute atomic E-state index is 13.3. The second-order valence-corrected chi connectivity index (χ2v) is 9.33. The molecule has 3 rings (SSSR count). The lowest BCUT2D eigenvalue weighted by atomic mass is 10.0. The Kier molecular flexibility index (Phi) is 9.59. The number of hydrogen-bond acceptors (Lipinski definition) is 6. The highest BCUT2D eigenvalue weighted by molar-refractivity contribution is 5.87. The van der Waals surface area contributed by atoms with Gasteiger partial charge in [0, 0.05) is 33.4 Å². The lowest BCUT2D eigenvalue weighted by molar-refractivity contribution is -0.137. The molecule has 10 nitrogen and oxygen atoms in total. The fourth-order valence-corrected chi connectivity index (χ4v) is 4.10. The molecule has 0 unspecified atom stereocenters. The zero-order chi connectivity index (χ0) is 26.9. The van der Waals surface area contributed by atoms with E-state index in [9.17, 15) is 19.5 Å². The highest BCUT2D eigenvalue weighted by Crippen LogP contribution is 2.34. The van der Waals surface area contributed by atoms with Crippen molar-refractivity contribution in [3.8, 4) is 11.5 Å². The smallest absolute Gasteiger partial charge is 0.315 e. The van der Waals surface area contributed by atoms with Gasteiger partial charge in [0.15, 0.2) is 11.5 Å². The van der Waals surface area contributed by atoms with E-state index < -0.39 is 24.1 Å². The number of unbranched alkanes of at least 4 members (excludes halogenated alkanes) is 1. The van der Waals surface area contributed by atoms with Crippen molar-refractivity contribution >= 4 is 23.6 Å². The summed E-state index contributed by atoms with van der Waals surface area (Å²) in [4.78, 5) is 41.3. The van der Waals surface area contributed by atoms with Gasteiger partial charge in [0.2, 0.25) is 12.7 Å². The molecule has 0 radical (unpaired) electrons. The molecule has 10 heteroatoms. The number of anilines is 1. The normalized spacial score (nSPS) is 13.4. The molecule has 0 aromatic heterocycles. The number of amides is 3. The number of fused-ring (bicyclic) bond motifs is 1. The van der Waals surface area contributed by atoms with Crippen LogP contribution in [-0.4, -0.2) is 61.9 Å². The first-order valence-electron chi connectivity index (χ1n) is 12.4. The molecule has 2 aromatic rings. The molecule has 1 aliphatic rings. The number of carboxylic acid groups (broad SMARTS) is 1. The third-order valence-electron chi connectivity index (χ3n) is 6.18. The largest absolute Gasteiger partial charge is 0.481 e. The van der Waals surface area contributed by atoms with Crippen molar-refractivity contribution in [1.29, 1.82) is 0 Å². The number of rotatable bonds is 12. The van der Waals surface area contributed by atoms with Gasteiger partial charge in [-0.05, 0) is 41.8 Å². The third kappa shape index (κ3) is 7.77. The minimum atomic E-state index is -1.07. The van der Waals surface area contributed by atoms with Gasteiger partial charge in [-0.25, -0.2) is 4.79 Å². The second-order valence-electron chi connectivity index (χ2n) is 9.33. The number of aliphatic carboxylic acids is 1. The molecule has 0 saturated carbocycles. The van der Waals surface area contributed by atoms with Gasteiger partial charge in [0.1, 0.15) is 6.04 Å². The average Bonchev–Trinajstić information content (AvgIpc) is 3.33. The van der Waals surface area contributed by atoms with Gasteiger partial charge in [0.05, 0.1) is 12.5 Å². The van der Waals surface area contributed by atoms with Crippen molar-refractivity contribution in [3.05, 3.63) is 53.6 Å². The fourth-order valence-electron chi connectivity index (χ4n) is 4.10. The van der Waals surface area contributed by atoms with Crippen molar-refractivity contribution in [2.45, 2.75) is 51.2 Å². The summed E-state index contributed by atoms with van der Waals surface area (Å²) >= 11 is 0. The Morgan fingerprint density at radius 2 is 1.70 bits per heavy atom. The average molecular weight is 513 g/mol. The maximum atomic E-state index is 13.3. The van der Waals surface area contributed by atoms with E-state index in [4.69, 9.17) is 9.47 Å². The molecule has 2 aromatic carbocycles. The Morgan fingerprint density at radius 1 is 1.00 bits per heavy atom. The first-order valence-corrected chi connectivity index (χ1v) is 12.4. The van der Waals surface area contributed by atoms with E-state index in [0.717, 1.165) is 24.1 Å². The highest BCUT2D eigenvalue weighted by atomic mass is 16.7. The summed E-state index contributed by atoms with van der Waals surface area (Å²) in [7, 11) is 5.64. The lowest BCUT2D eigenvalue weighted by Crippen LogP contribution is -2.51. The number of carboxylic acids is 1. The summed E-state index contributed by atoms with van der Waals surface area (Å²) in [6.45, 7) is 2.50. The van der Waals surface area contributed by atoms with Gasteiger partial charge >= 0.3 is 12.0 Å². The van der Waals surface area contributed by atoms with E-state index >= 15 is 0 Å². The summed E-state index contributed by atoms with van der Waals surface area (Å²) in [5.74, 6) is -0.224. The molecule has 1 aliphatic heterocycles. The van der Waals surface area contributed by atoms with Crippen LogP contribution in [0.25, 0.3) is 0 Å². The molecule has 3 amide bonds. The predicted molar refractivity (Wildman–Crippen MR) is 140 cm³/mol. The maximum Gasteiger partial charge on any atom is 0.315 e. The fraction of sp³-hybridized carbons (Fsp3) is 0.444. The van der Waals surface area contributed by atoms with Crippen molar-refractivity contribution < 1.29 is 29.0 Å². The predicted octanol–water partition coefficient (Wildman–Crippen LogP) is 3.51. The number of carbonyl (C=O) groups excluding carboxylic acids is 2. The Balaban J connectivity index is 1.67. The molecule has 3 N–H and O–H groups in total. The number of urea groups is 1. The number of likely N-dealkylation sites (N-methyl/N-ethyl adjacent to an activating group) is 1. The van der Waals surface area contributed by atoms with E-state index in [-0.39, 0.29) is 19.1 Å². The van der Waals surface area contributed by atoms with E-state index in [2.05, 4.69) is 10.6 Å².